The number of halogens is 1. The molecular formula is C22H21FN4. The van der Waals surface area contributed by atoms with Crippen LogP contribution in [0.2, 0.25) is 0 Å². The molecule has 0 unspecified atom stereocenters. The number of nitrogens with one attached hydrogen (secondary N) is 2. The first-order valence-corrected chi connectivity index (χ1v) is 8.99. The number of benzene rings is 2. The molecule has 4 nitrogen and oxygen atoms in total. The third-order valence-corrected chi connectivity index (χ3v) is 4.96. The average molecular weight is 360 g/mol. The molecule has 136 valence electrons. The first-order chi connectivity index (χ1) is 13.1. The molecular weight excluding hydrogens is 339 g/mol. The van der Waals surface area contributed by atoms with Crippen LogP contribution >= 0.6 is 0 Å². The Bertz CT molecular complexity index is 1020. The highest BCUT2D eigenvalue weighted by atomic mass is 19.1. The van der Waals surface area contributed by atoms with Gasteiger partial charge in [-0.1, -0.05) is 18.2 Å². The van der Waals surface area contributed by atoms with Gasteiger partial charge in [-0.05, 0) is 54.7 Å². The molecule has 3 aromatic rings. The van der Waals surface area contributed by atoms with Crippen molar-refractivity contribution in [1.82, 2.24) is 4.98 Å². The van der Waals surface area contributed by atoms with E-state index < -0.39 is 0 Å². The minimum absolute atomic E-state index is 0.279. The van der Waals surface area contributed by atoms with Crippen LogP contribution in [0, 0.1) is 18.2 Å². The molecule has 4 N–H and O–H groups in total. The molecule has 5 heteroatoms. The van der Waals surface area contributed by atoms with Crippen LogP contribution in [0.5, 0.6) is 0 Å². The van der Waals surface area contributed by atoms with Gasteiger partial charge in [-0.2, -0.15) is 0 Å². The fourth-order valence-corrected chi connectivity index (χ4v) is 3.33. The molecule has 1 aromatic heterocycles. The first kappa shape index (κ1) is 17.2. The smallest absolute Gasteiger partial charge is 0.126 e. The fourth-order valence-electron chi connectivity index (χ4n) is 3.33. The van der Waals surface area contributed by atoms with E-state index in [1.807, 2.05) is 24.4 Å². The average Bonchev–Trinajstić information content (AvgIpc) is 3.48. The summed E-state index contributed by atoms with van der Waals surface area (Å²) < 4.78 is 14.2. The first-order valence-electron chi connectivity index (χ1n) is 8.99. The van der Waals surface area contributed by atoms with Crippen molar-refractivity contribution in [3.05, 3.63) is 65.7 Å². The lowest BCUT2D eigenvalue weighted by molar-refractivity contribution is 0.619. The number of nitrogen functional groups attached to an aromatic ring is 1. The second-order valence-electron chi connectivity index (χ2n) is 6.93. The number of nitrogens with two attached hydrogens (primary N) is 1. The Morgan fingerprint density at radius 3 is 2.74 bits per heavy atom. The lowest BCUT2D eigenvalue weighted by atomic mass is 9.88. The van der Waals surface area contributed by atoms with Crippen LogP contribution in [0.4, 0.5) is 15.8 Å². The van der Waals surface area contributed by atoms with Gasteiger partial charge in [0.1, 0.15) is 5.82 Å². The molecule has 1 aliphatic carbocycles. The zero-order chi connectivity index (χ0) is 19.0. The van der Waals surface area contributed by atoms with Gasteiger partial charge >= 0.3 is 0 Å². The zero-order valence-corrected chi connectivity index (χ0v) is 15.1. The molecule has 0 bridgehead atoms. The highest BCUT2D eigenvalue weighted by Gasteiger charge is 2.22. The Labute approximate surface area is 157 Å². The van der Waals surface area contributed by atoms with Crippen molar-refractivity contribution in [2.24, 2.45) is 0 Å². The van der Waals surface area contributed by atoms with E-state index in [1.165, 1.54) is 25.1 Å². The molecule has 0 spiro atoms. The number of hydrogen-bond donors (Lipinski definition) is 3. The van der Waals surface area contributed by atoms with Crippen molar-refractivity contribution in [2.75, 3.05) is 11.1 Å². The highest BCUT2D eigenvalue weighted by molar-refractivity contribution is 6.02. The Kier molecular flexibility index (Phi) is 4.36. The fraction of sp³-hybridized carbons (Fsp3) is 0.182. The summed E-state index contributed by atoms with van der Waals surface area (Å²) in [5.41, 5.74) is 12.0. The van der Waals surface area contributed by atoms with Gasteiger partial charge in [-0.15, -0.1) is 0 Å². The van der Waals surface area contributed by atoms with Crippen molar-refractivity contribution >= 4 is 17.6 Å². The SMILES string of the molecule is Cc1c(F)cccc1-c1c(-c2cncc(NC3CC3)c2)ccc(N)c1C=N. The number of hydrogen-bond acceptors (Lipinski definition) is 4. The molecule has 2 aromatic carbocycles. The summed E-state index contributed by atoms with van der Waals surface area (Å²) in [6.45, 7) is 1.74. The van der Waals surface area contributed by atoms with Crippen LogP contribution in [0.3, 0.4) is 0 Å². The molecule has 0 saturated heterocycles. The molecule has 0 amide bonds. The quantitative estimate of drug-likeness (QED) is 0.442. The summed E-state index contributed by atoms with van der Waals surface area (Å²) in [5.74, 6) is -0.279. The van der Waals surface area contributed by atoms with Crippen molar-refractivity contribution in [3.8, 4) is 22.3 Å². The molecule has 27 heavy (non-hydrogen) atoms. The molecule has 1 fully saturated rings. The van der Waals surface area contributed by atoms with E-state index in [0.717, 1.165) is 27.9 Å². The van der Waals surface area contributed by atoms with Gasteiger partial charge in [0.05, 0.1) is 5.69 Å². The molecule has 0 aliphatic heterocycles. The minimum atomic E-state index is -0.279. The third kappa shape index (κ3) is 3.28. The summed E-state index contributed by atoms with van der Waals surface area (Å²) in [6, 6.07) is 11.3. The maximum atomic E-state index is 14.2. The number of anilines is 2. The zero-order valence-electron chi connectivity index (χ0n) is 15.1. The predicted octanol–water partition coefficient (Wildman–Crippen LogP) is 5.02. The van der Waals surface area contributed by atoms with Crippen molar-refractivity contribution < 1.29 is 4.39 Å². The van der Waals surface area contributed by atoms with E-state index in [2.05, 4.69) is 10.3 Å². The number of nitrogens with zero attached hydrogens (tertiary/aromatic N) is 1. The van der Waals surface area contributed by atoms with Gasteiger partial charge in [0.25, 0.3) is 0 Å². The van der Waals surface area contributed by atoms with Gasteiger partial charge in [-0.25, -0.2) is 4.39 Å². The van der Waals surface area contributed by atoms with Crippen LogP contribution in [-0.4, -0.2) is 17.2 Å². The Morgan fingerprint density at radius 2 is 2.00 bits per heavy atom. The third-order valence-electron chi connectivity index (χ3n) is 4.96. The van der Waals surface area contributed by atoms with Crippen molar-refractivity contribution in [3.63, 3.8) is 0 Å². The van der Waals surface area contributed by atoms with Crippen LogP contribution < -0.4 is 11.1 Å². The molecule has 0 atom stereocenters. The molecule has 1 heterocycles. The van der Waals surface area contributed by atoms with E-state index >= 15 is 0 Å². The Balaban J connectivity index is 1.93. The van der Waals surface area contributed by atoms with E-state index in [0.29, 0.717) is 22.9 Å². The second kappa shape index (κ2) is 6.83. The van der Waals surface area contributed by atoms with Crippen LogP contribution in [0.25, 0.3) is 22.3 Å². The summed E-state index contributed by atoms with van der Waals surface area (Å²) >= 11 is 0. The number of rotatable bonds is 5. The monoisotopic (exact) mass is 360 g/mol. The van der Waals surface area contributed by atoms with E-state index in [9.17, 15) is 4.39 Å². The predicted molar refractivity (Wildman–Crippen MR) is 109 cm³/mol. The van der Waals surface area contributed by atoms with Gasteiger partial charge in [0, 0.05) is 47.0 Å². The molecule has 1 aliphatic rings. The van der Waals surface area contributed by atoms with E-state index in [4.69, 9.17) is 11.1 Å². The standard InChI is InChI=1S/C22H21FN4/c1-13-17(3-2-4-20(13)23)22-18(7-8-21(25)19(22)10-24)14-9-16(12-26-11-14)27-15-5-6-15/h2-4,7-12,15,24,27H,5-6,25H2,1H3. The van der Waals surface area contributed by atoms with Crippen LogP contribution in [-0.2, 0) is 0 Å². The largest absolute Gasteiger partial charge is 0.398 e. The van der Waals surface area contributed by atoms with E-state index in [-0.39, 0.29) is 5.82 Å². The second-order valence-corrected chi connectivity index (χ2v) is 6.93. The molecule has 1 saturated carbocycles. The summed E-state index contributed by atoms with van der Waals surface area (Å²) in [6.07, 6.45) is 7.19. The number of pyridine rings is 1. The summed E-state index contributed by atoms with van der Waals surface area (Å²) in [7, 11) is 0. The lowest BCUT2D eigenvalue weighted by Crippen LogP contribution is -2.03. The highest BCUT2D eigenvalue weighted by Crippen LogP contribution is 2.39. The maximum absolute atomic E-state index is 14.2. The topological polar surface area (TPSA) is 74.8 Å². The van der Waals surface area contributed by atoms with Gasteiger partial charge in [0.15, 0.2) is 0 Å². The van der Waals surface area contributed by atoms with Gasteiger partial charge in [0.2, 0.25) is 0 Å². The molecule has 0 radical (unpaired) electrons. The summed E-state index contributed by atoms with van der Waals surface area (Å²) in [5, 5.41) is 11.3. The lowest BCUT2D eigenvalue weighted by Gasteiger charge is -2.18. The van der Waals surface area contributed by atoms with Gasteiger partial charge < -0.3 is 16.5 Å². The Morgan fingerprint density at radius 1 is 1.19 bits per heavy atom. The van der Waals surface area contributed by atoms with Crippen molar-refractivity contribution in [1.29, 1.82) is 5.41 Å². The summed E-state index contributed by atoms with van der Waals surface area (Å²) in [4.78, 5) is 4.37. The Hall–Kier alpha value is -3.21. The minimum Gasteiger partial charge on any atom is -0.398 e. The van der Waals surface area contributed by atoms with Crippen LogP contribution in [0.15, 0.2) is 48.8 Å². The number of aromatic nitrogens is 1. The van der Waals surface area contributed by atoms with Crippen LogP contribution in [0.1, 0.15) is 24.0 Å². The normalized spacial score (nSPS) is 13.4. The molecule has 4 rings (SSSR count). The maximum Gasteiger partial charge on any atom is 0.126 e. The van der Waals surface area contributed by atoms with Gasteiger partial charge in [-0.3, -0.25) is 4.98 Å². The van der Waals surface area contributed by atoms with E-state index in [1.54, 1.807) is 25.3 Å². The van der Waals surface area contributed by atoms with Crippen molar-refractivity contribution in [2.45, 2.75) is 25.8 Å².